The van der Waals surface area contributed by atoms with E-state index in [2.05, 4.69) is 36.4 Å². The predicted octanol–water partition coefficient (Wildman–Crippen LogP) is 1.96. The lowest BCUT2D eigenvalue weighted by atomic mass is 9.71. The van der Waals surface area contributed by atoms with E-state index in [4.69, 9.17) is 9.72 Å². The highest BCUT2D eigenvalue weighted by Gasteiger charge is 2.55. The second-order valence-corrected chi connectivity index (χ2v) is 7.22. The van der Waals surface area contributed by atoms with E-state index in [1.165, 1.54) is 24.1 Å². The van der Waals surface area contributed by atoms with Gasteiger partial charge in [0, 0.05) is 18.2 Å². The van der Waals surface area contributed by atoms with Gasteiger partial charge in [-0.15, -0.1) is 0 Å². The van der Waals surface area contributed by atoms with Crippen LogP contribution < -0.4 is 5.32 Å². The van der Waals surface area contributed by atoms with Crippen LogP contribution in [0.25, 0.3) is 0 Å². The average molecular weight is 312 g/mol. The Balaban J connectivity index is 1.62. The molecular weight excluding hydrogens is 288 g/mol. The van der Waals surface area contributed by atoms with Crippen molar-refractivity contribution >= 4 is 5.82 Å². The van der Waals surface area contributed by atoms with E-state index < -0.39 is 0 Å². The van der Waals surface area contributed by atoms with Gasteiger partial charge in [0.05, 0.1) is 23.8 Å². The second kappa shape index (κ2) is 5.77. The van der Waals surface area contributed by atoms with Gasteiger partial charge in [-0.3, -0.25) is 0 Å². The molecule has 1 saturated heterocycles. The molecule has 23 heavy (non-hydrogen) atoms. The molecule has 2 aliphatic carbocycles. The van der Waals surface area contributed by atoms with E-state index in [1.54, 1.807) is 0 Å². The molecule has 1 aliphatic heterocycles. The van der Waals surface area contributed by atoms with Crippen molar-refractivity contribution in [2.75, 3.05) is 26.0 Å². The van der Waals surface area contributed by atoms with Crippen molar-refractivity contribution in [2.45, 2.75) is 50.3 Å². The van der Waals surface area contributed by atoms with Crippen LogP contribution in [0.5, 0.6) is 0 Å². The number of nitrogens with zero attached hydrogens (tertiary/aromatic N) is 3. The fourth-order valence-electron chi connectivity index (χ4n) is 4.47. The van der Waals surface area contributed by atoms with Crippen LogP contribution in [0.3, 0.4) is 0 Å². The van der Waals surface area contributed by atoms with Crippen LogP contribution in [0.2, 0.25) is 0 Å². The second-order valence-electron chi connectivity index (χ2n) is 7.22. The Labute approximate surface area is 137 Å². The molecule has 5 nitrogen and oxygen atoms in total. The van der Waals surface area contributed by atoms with Crippen molar-refractivity contribution in [1.82, 2.24) is 9.88 Å². The minimum Gasteiger partial charge on any atom is -0.376 e. The number of hydrogen-bond donors (Lipinski definition) is 1. The quantitative estimate of drug-likeness (QED) is 0.924. The molecule has 0 amide bonds. The first-order valence-electron chi connectivity index (χ1n) is 8.66. The van der Waals surface area contributed by atoms with Gasteiger partial charge in [-0.05, 0) is 57.8 Å². The van der Waals surface area contributed by atoms with Crippen molar-refractivity contribution in [3.05, 3.63) is 22.9 Å². The number of nitriles is 1. The standard InChI is InChI=1S/C18H24N4O/c1-22(2)16-15(13-7-8-23-17(13)16)21-18-12(10-19)9-11-5-3-4-6-14(11)20-18/h9,13,15-17H,3-8H2,1-2H3,(H,20,21)/t13-,15+,16-,17-/m1/s1. The van der Waals surface area contributed by atoms with E-state index in [0.29, 0.717) is 29.7 Å². The molecule has 0 unspecified atom stereocenters. The maximum atomic E-state index is 9.52. The van der Waals surface area contributed by atoms with Crippen molar-refractivity contribution in [3.63, 3.8) is 0 Å². The number of anilines is 1. The van der Waals surface area contributed by atoms with Gasteiger partial charge in [-0.1, -0.05) is 0 Å². The van der Waals surface area contributed by atoms with Gasteiger partial charge >= 0.3 is 0 Å². The summed E-state index contributed by atoms with van der Waals surface area (Å²) in [6.07, 6.45) is 5.92. The highest BCUT2D eigenvalue weighted by atomic mass is 16.5. The minimum atomic E-state index is 0.318. The molecule has 0 bridgehead atoms. The number of hydrogen-bond acceptors (Lipinski definition) is 5. The summed E-state index contributed by atoms with van der Waals surface area (Å²) in [5, 5.41) is 13.1. The maximum Gasteiger partial charge on any atom is 0.144 e. The highest BCUT2D eigenvalue weighted by molar-refractivity contribution is 5.56. The van der Waals surface area contributed by atoms with Crippen molar-refractivity contribution in [1.29, 1.82) is 5.26 Å². The largest absolute Gasteiger partial charge is 0.376 e. The summed E-state index contributed by atoms with van der Waals surface area (Å²) in [6, 6.07) is 5.06. The molecule has 1 aromatic rings. The van der Waals surface area contributed by atoms with E-state index in [1.807, 2.05) is 0 Å². The van der Waals surface area contributed by atoms with Crippen LogP contribution >= 0.6 is 0 Å². The van der Waals surface area contributed by atoms with E-state index in [9.17, 15) is 5.26 Å². The van der Waals surface area contributed by atoms with Crippen LogP contribution in [-0.2, 0) is 17.6 Å². The average Bonchev–Trinajstić information content (AvgIpc) is 2.94. The number of likely N-dealkylation sites (N-methyl/N-ethyl adjacent to an activating group) is 1. The van der Waals surface area contributed by atoms with Crippen LogP contribution in [0, 0.1) is 17.2 Å². The third-order valence-electron chi connectivity index (χ3n) is 5.67. The lowest BCUT2D eigenvalue weighted by Gasteiger charge is -2.51. The zero-order valence-corrected chi connectivity index (χ0v) is 13.9. The van der Waals surface area contributed by atoms with E-state index in [0.717, 1.165) is 31.7 Å². The molecule has 0 spiro atoms. The molecule has 3 aliphatic rings. The van der Waals surface area contributed by atoms with Gasteiger partial charge < -0.3 is 15.0 Å². The Morgan fingerprint density at radius 2 is 2.17 bits per heavy atom. The summed E-state index contributed by atoms with van der Waals surface area (Å²) in [4.78, 5) is 7.05. The van der Waals surface area contributed by atoms with Crippen molar-refractivity contribution in [2.24, 2.45) is 5.92 Å². The first-order valence-corrected chi connectivity index (χ1v) is 8.66. The number of fused-ring (bicyclic) bond motifs is 2. The Bertz CT molecular complexity index is 651. The van der Waals surface area contributed by atoms with E-state index in [-0.39, 0.29) is 0 Å². The molecule has 1 saturated carbocycles. The molecular formula is C18H24N4O. The SMILES string of the molecule is CN(C)[C@@H]1[C@@H](Nc2nc3c(cc2C#N)CCCC3)[C@H]2CCO[C@H]21. The van der Waals surface area contributed by atoms with Crippen LogP contribution in [0.15, 0.2) is 6.07 Å². The summed E-state index contributed by atoms with van der Waals surface area (Å²) >= 11 is 0. The molecule has 1 aromatic heterocycles. The van der Waals surface area contributed by atoms with Crippen molar-refractivity contribution in [3.8, 4) is 6.07 Å². The summed E-state index contributed by atoms with van der Waals surface area (Å²) < 4.78 is 5.87. The lowest BCUT2D eigenvalue weighted by Crippen LogP contribution is -2.66. The first kappa shape index (κ1) is 14.9. The molecule has 0 aromatic carbocycles. The van der Waals surface area contributed by atoms with Crippen LogP contribution in [0.4, 0.5) is 5.82 Å². The van der Waals surface area contributed by atoms with Gasteiger partial charge in [-0.2, -0.15) is 5.26 Å². The third kappa shape index (κ3) is 2.41. The first-order chi connectivity index (χ1) is 11.2. The fraction of sp³-hybridized carbons (Fsp3) is 0.667. The number of aromatic nitrogens is 1. The molecule has 122 valence electrons. The monoisotopic (exact) mass is 312 g/mol. The molecule has 4 atom stereocenters. The predicted molar refractivity (Wildman–Crippen MR) is 88.3 cm³/mol. The molecule has 2 fully saturated rings. The number of rotatable bonds is 3. The Morgan fingerprint density at radius 3 is 2.96 bits per heavy atom. The summed E-state index contributed by atoms with van der Waals surface area (Å²) in [5.74, 6) is 1.31. The zero-order chi connectivity index (χ0) is 16.0. The highest BCUT2D eigenvalue weighted by Crippen LogP contribution is 2.42. The number of pyridine rings is 1. The zero-order valence-electron chi connectivity index (χ0n) is 13.9. The number of ether oxygens (including phenoxy) is 1. The fourth-order valence-corrected chi connectivity index (χ4v) is 4.47. The molecule has 4 rings (SSSR count). The number of nitrogens with one attached hydrogen (secondary N) is 1. The molecule has 1 N–H and O–H groups in total. The van der Waals surface area contributed by atoms with Gasteiger partial charge in [0.25, 0.3) is 0 Å². The van der Waals surface area contributed by atoms with Crippen LogP contribution in [0.1, 0.15) is 36.1 Å². The minimum absolute atomic E-state index is 0.318. The van der Waals surface area contributed by atoms with E-state index >= 15 is 0 Å². The Morgan fingerprint density at radius 1 is 1.35 bits per heavy atom. The van der Waals surface area contributed by atoms with Gasteiger partial charge in [-0.25, -0.2) is 4.98 Å². The topological polar surface area (TPSA) is 61.2 Å². The molecule has 0 radical (unpaired) electrons. The summed E-state index contributed by atoms with van der Waals surface area (Å²) in [5.41, 5.74) is 3.13. The lowest BCUT2D eigenvalue weighted by molar-refractivity contribution is -0.0516. The molecule has 5 heteroatoms. The van der Waals surface area contributed by atoms with Gasteiger partial charge in [0.1, 0.15) is 11.9 Å². The Hall–Kier alpha value is -1.64. The van der Waals surface area contributed by atoms with Crippen molar-refractivity contribution < 1.29 is 4.74 Å². The smallest absolute Gasteiger partial charge is 0.144 e. The normalized spacial score (nSPS) is 31.9. The third-order valence-corrected chi connectivity index (χ3v) is 5.67. The number of aryl methyl sites for hydroxylation is 2. The van der Waals surface area contributed by atoms with Gasteiger partial charge in [0.15, 0.2) is 0 Å². The summed E-state index contributed by atoms with van der Waals surface area (Å²) in [7, 11) is 4.20. The van der Waals surface area contributed by atoms with Crippen LogP contribution in [-0.4, -0.2) is 48.8 Å². The Kier molecular flexibility index (Phi) is 3.74. The molecule has 2 heterocycles. The van der Waals surface area contributed by atoms with Gasteiger partial charge in [0.2, 0.25) is 0 Å². The summed E-state index contributed by atoms with van der Waals surface area (Å²) in [6.45, 7) is 0.848. The maximum absolute atomic E-state index is 9.52.